The lowest BCUT2D eigenvalue weighted by Crippen LogP contribution is -2.52. The second-order valence-electron chi connectivity index (χ2n) is 7.67. The second-order valence-corrected chi connectivity index (χ2v) is 7.67. The number of carbonyl (C=O) groups excluding carboxylic acids is 1. The van der Waals surface area contributed by atoms with Gasteiger partial charge in [-0.15, -0.1) is 0 Å². The van der Waals surface area contributed by atoms with Crippen molar-refractivity contribution in [3.8, 4) is 0 Å². The van der Waals surface area contributed by atoms with Crippen LogP contribution in [0.5, 0.6) is 0 Å². The van der Waals surface area contributed by atoms with Crippen LogP contribution in [0.15, 0.2) is 30.6 Å². The van der Waals surface area contributed by atoms with E-state index in [1.54, 1.807) is 6.20 Å². The number of aromatic nitrogens is 3. The Morgan fingerprint density at radius 2 is 1.96 bits per heavy atom. The summed E-state index contributed by atoms with van der Waals surface area (Å²) in [5.74, 6) is 1.92. The lowest BCUT2D eigenvalue weighted by molar-refractivity contribution is -0.120. The molecule has 28 heavy (non-hydrogen) atoms. The molecule has 1 spiro atoms. The fraction of sp³-hybridized carbons (Fsp3) is 0.474. The standard InChI is InChI=1S/C19H24N8O/c28-17-12-26(9-7-20-17)16-3-6-21-18(25-16)24-15-2-1-14(11-22-15)27-10-8-23-19(13-27)4-5-19/h1-3,6,11,23H,4-5,7-10,12-13H2,(H,20,28)(H,21,22,24,25). The fourth-order valence-corrected chi connectivity index (χ4v) is 3.84. The maximum atomic E-state index is 11.6. The van der Waals surface area contributed by atoms with Crippen molar-refractivity contribution in [1.29, 1.82) is 0 Å². The minimum atomic E-state index is 0.0116. The zero-order valence-electron chi connectivity index (χ0n) is 15.7. The summed E-state index contributed by atoms with van der Waals surface area (Å²) in [6, 6.07) is 5.87. The molecule has 4 heterocycles. The van der Waals surface area contributed by atoms with Gasteiger partial charge in [-0.3, -0.25) is 4.79 Å². The number of amides is 1. The highest BCUT2D eigenvalue weighted by atomic mass is 16.2. The van der Waals surface area contributed by atoms with Gasteiger partial charge in [0, 0.05) is 44.5 Å². The molecule has 146 valence electrons. The molecule has 1 amide bonds. The van der Waals surface area contributed by atoms with E-state index >= 15 is 0 Å². The number of pyridine rings is 1. The molecule has 0 atom stereocenters. The van der Waals surface area contributed by atoms with Gasteiger partial charge in [-0.2, -0.15) is 4.98 Å². The third kappa shape index (κ3) is 3.57. The predicted molar refractivity (Wildman–Crippen MR) is 107 cm³/mol. The first-order chi connectivity index (χ1) is 13.7. The topological polar surface area (TPSA) is 98.3 Å². The van der Waals surface area contributed by atoms with Crippen LogP contribution >= 0.6 is 0 Å². The summed E-state index contributed by atoms with van der Waals surface area (Å²) >= 11 is 0. The van der Waals surface area contributed by atoms with E-state index in [4.69, 9.17) is 0 Å². The van der Waals surface area contributed by atoms with Gasteiger partial charge in [0.25, 0.3) is 0 Å². The lowest BCUT2D eigenvalue weighted by atomic mass is 10.1. The van der Waals surface area contributed by atoms with Crippen molar-refractivity contribution in [3.05, 3.63) is 30.6 Å². The van der Waals surface area contributed by atoms with Gasteiger partial charge < -0.3 is 25.8 Å². The Bertz CT molecular complexity index is 866. The van der Waals surface area contributed by atoms with Gasteiger partial charge in [0.05, 0.1) is 18.4 Å². The predicted octanol–water partition coefficient (Wildman–Crippen LogP) is 0.494. The first-order valence-corrected chi connectivity index (χ1v) is 9.77. The molecule has 2 aliphatic heterocycles. The third-order valence-electron chi connectivity index (χ3n) is 5.58. The van der Waals surface area contributed by atoms with Gasteiger partial charge in [0.15, 0.2) is 0 Å². The van der Waals surface area contributed by atoms with E-state index in [-0.39, 0.29) is 5.91 Å². The number of carbonyl (C=O) groups is 1. The van der Waals surface area contributed by atoms with E-state index in [1.807, 2.05) is 23.2 Å². The number of hydrogen-bond donors (Lipinski definition) is 3. The Balaban J connectivity index is 1.26. The first-order valence-electron chi connectivity index (χ1n) is 9.77. The zero-order valence-corrected chi connectivity index (χ0v) is 15.7. The van der Waals surface area contributed by atoms with Crippen molar-refractivity contribution in [2.75, 3.05) is 54.4 Å². The smallest absolute Gasteiger partial charge is 0.239 e. The molecule has 3 fully saturated rings. The number of hydrogen-bond acceptors (Lipinski definition) is 8. The summed E-state index contributed by atoms with van der Waals surface area (Å²) in [5, 5.41) is 9.61. The summed E-state index contributed by atoms with van der Waals surface area (Å²) in [4.78, 5) is 29.3. The average Bonchev–Trinajstić information content (AvgIpc) is 3.47. The maximum Gasteiger partial charge on any atom is 0.239 e. The van der Waals surface area contributed by atoms with Crippen LogP contribution in [0, 0.1) is 0 Å². The Labute approximate surface area is 163 Å². The molecule has 1 aliphatic carbocycles. The Hall–Kier alpha value is -2.94. The third-order valence-corrected chi connectivity index (χ3v) is 5.58. The molecule has 2 aromatic heterocycles. The highest BCUT2D eigenvalue weighted by Crippen LogP contribution is 2.38. The molecule has 5 rings (SSSR count). The number of nitrogens with one attached hydrogen (secondary N) is 3. The molecule has 0 aromatic carbocycles. The van der Waals surface area contributed by atoms with Crippen molar-refractivity contribution in [2.45, 2.75) is 18.4 Å². The first kappa shape index (κ1) is 17.2. The molecule has 0 radical (unpaired) electrons. The molecule has 1 saturated carbocycles. The van der Waals surface area contributed by atoms with Gasteiger partial charge in [-0.05, 0) is 31.0 Å². The Kier molecular flexibility index (Phi) is 4.23. The van der Waals surface area contributed by atoms with E-state index in [9.17, 15) is 4.79 Å². The maximum absolute atomic E-state index is 11.6. The fourth-order valence-electron chi connectivity index (χ4n) is 3.84. The minimum Gasteiger partial charge on any atom is -0.367 e. The highest BCUT2D eigenvalue weighted by Gasteiger charge is 2.45. The molecule has 2 saturated heterocycles. The van der Waals surface area contributed by atoms with Crippen molar-refractivity contribution in [1.82, 2.24) is 25.6 Å². The van der Waals surface area contributed by atoms with E-state index in [2.05, 4.69) is 41.9 Å². The molecule has 0 unspecified atom stereocenters. The van der Waals surface area contributed by atoms with Gasteiger partial charge in [-0.1, -0.05) is 0 Å². The summed E-state index contributed by atoms with van der Waals surface area (Å²) < 4.78 is 0. The Morgan fingerprint density at radius 3 is 2.75 bits per heavy atom. The summed E-state index contributed by atoms with van der Waals surface area (Å²) in [6.45, 7) is 4.76. The van der Waals surface area contributed by atoms with E-state index < -0.39 is 0 Å². The van der Waals surface area contributed by atoms with Crippen molar-refractivity contribution >= 4 is 29.2 Å². The van der Waals surface area contributed by atoms with Crippen LogP contribution in [0.25, 0.3) is 0 Å². The largest absolute Gasteiger partial charge is 0.367 e. The molecule has 0 bridgehead atoms. The number of piperazine rings is 2. The van der Waals surface area contributed by atoms with Crippen LogP contribution in [0.1, 0.15) is 12.8 Å². The Morgan fingerprint density at radius 1 is 1.07 bits per heavy atom. The van der Waals surface area contributed by atoms with Crippen molar-refractivity contribution < 1.29 is 4.79 Å². The monoisotopic (exact) mass is 380 g/mol. The van der Waals surface area contributed by atoms with E-state index in [0.29, 0.717) is 30.4 Å². The molecule has 2 aromatic rings. The van der Waals surface area contributed by atoms with Gasteiger partial charge >= 0.3 is 0 Å². The second kappa shape index (κ2) is 6.90. The van der Waals surface area contributed by atoms with Crippen LogP contribution < -0.4 is 25.8 Å². The van der Waals surface area contributed by atoms with Crippen LogP contribution in [-0.4, -0.2) is 65.7 Å². The highest BCUT2D eigenvalue weighted by molar-refractivity contribution is 5.82. The van der Waals surface area contributed by atoms with Crippen molar-refractivity contribution in [2.24, 2.45) is 0 Å². The zero-order chi connectivity index (χ0) is 19.0. The van der Waals surface area contributed by atoms with Crippen LogP contribution in [-0.2, 0) is 4.79 Å². The van der Waals surface area contributed by atoms with Crippen LogP contribution in [0.3, 0.4) is 0 Å². The van der Waals surface area contributed by atoms with E-state index in [0.717, 1.165) is 37.7 Å². The number of anilines is 4. The van der Waals surface area contributed by atoms with Crippen LogP contribution in [0.2, 0.25) is 0 Å². The summed E-state index contributed by atoms with van der Waals surface area (Å²) in [7, 11) is 0. The van der Waals surface area contributed by atoms with Gasteiger partial charge in [0.2, 0.25) is 11.9 Å². The van der Waals surface area contributed by atoms with E-state index in [1.165, 1.54) is 12.8 Å². The minimum absolute atomic E-state index is 0.0116. The number of rotatable bonds is 4. The SMILES string of the molecule is O=C1CN(c2ccnc(Nc3ccc(N4CCNC5(CC5)C4)cn3)n2)CCN1. The molecular formula is C19H24N8O. The normalized spacial score (nSPS) is 20.8. The summed E-state index contributed by atoms with van der Waals surface area (Å²) in [5.41, 5.74) is 1.49. The molecular weight excluding hydrogens is 356 g/mol. The lowest BCUT2D eigenvalue weighted by Gasteiger charge is -2.35. The number of nitrogens with zero attached hydrogens (tertiary/aromatic N) is 5. The quantitative estimate of drug-likeness (QED) is 0.705. The van der Waals surface area contributed by atoms with Crippen LogP contribution in [0.4, 0.5) is 23.3 Å². The molecule has 9 nitrogen and oxygen atoms in total. The van der Waals surface area contributed by atoms with Gasteiger partial charge in [0.1, 0.15) is 11.6 Å². The van der Waals surface area contributed by atoms with Crippen molar-refractivity contribution in [3.63, 3.8) is 0 Å². The molecule has 3 aliphatic rings. The summed E-state index contributed by atoms with van der Waals surface area (Å²) in [6.07, 6.45) is 6.13. The average molecular weight is 380 g/mol. The molecule has 3 N–H and O–H groups in total. The molecule has 9 heteroatoms. The van der Waals surface area contributed by atoms with Gasteiger partial charge in [-0.25, -0.2) is 9.97 Å².